The Morgan fingerprint density at radius 3 is 2.08 bits per heavy atom. The van der Waals surface area contributed by atoms with E-state index >= 15 is 0 Å². The number of hydrogen-bond donors (Lipinski definition) is 5. The third-order valence-corrected chi connectivity index (χ3v) is 8.24. The van der Waals surface area contributed by atoms with Crippen LogP contribution in [-0.4, -0.2) is 68.8 Å². The Morgan fingerprint density at radius 1 is 0.897 bits per heavy atom. The van der Waals surface area contributed by atoms with Gasteiger partial charge >= 0.3 is 5.97 Å². The molecule has 1 atom stereocenters. The second-order valence-corrected chi connectivity index (χ2v) is 11.1. The first-order valence-electron chi connectivity index (χ1n) is 14.6. The van der Waals surface area contributed by atoms with Crippen molar-refractivity contribution in [3.05, 3.63) is 23.8 Å². The van der Waals surface area contributed by atoms with Gasteiger partial charge < -0.3 is 35.8 Å². The van der Waals surface area contributed by atoms with Crippen LogP contribution in [0.15, 0.2) is 18.2 Å². The average molecular weight is 545 g/mol. The highest BCUT2D eigenvalue weighted by molar-refractivity contribution is 5.86. The lowest BCUT2D eigenvalue weighted by atomic mass is 9.84. The molecule has 1 aromatic carbocycles. The van der Waals surface area contributed by atoms with Crippen LogP contribution in [0.25, 0.3) is 0 Å². The van der Waals surface area contributed by atoms with Crippen molar-refractivity contribution in [2.45, 2.75) is 63.8 Å². The maximum Gasteiger partial charge on any atom is 0.305 e. The van der Waals surface area contributed by atoms with Crippen molar-refractivity contribution in [2.24, 2.45) is 17.8 Å². The molecule has 4 rings (SSSR count). The molecule has 0 aromatic heterocycles. The van der Waals surface area contributed by atoms with E-state index in [4.69, 9.17) is 9.47 Å². The Bertz CT molecular complexity index is 939. The molecule has 5 N–H and O–H groups in total. The van der Waals surface area contributed by atoms with Crippen LogP contribution in [0.4, 0.5) is 0 Å². The first kappa shape index (κ1) is 29.1. The zero-order valence-electron chi connectivity index (χ0n) is 22.8. The van der Waals surface area contributed by atoms with Crippen LogP contribution in [0.1, 0.15) is 69.4 Å². The highest BCUT2D eigenvalue weighted by Crippen LogP contribution is 2.33. The molecule has 2 fully saturated rings. The monoisotopic (exact) mass is 544 g/mol. The molecule has 3 aliphatic heterocycles. The fourth-order valence-electron chi connectivity index (χ4n) is 5.88. The summed E-state index contributed by atoms with van der Waals surface area (Å²) in [5.41, 5.74) is 0.614. The number of amides is 2. The summed E-state index contributed by atoms with van der Waals surface area (Å²) in [5, 5.41) is 21.9. The number of rotatable bonds is 13. The van der Waals surface area contributed by atoms with Crippen LogP contribution in [0.3, 0.4) is 0 Å². The summed E-state index contributed by atoms with van der Waals surface area (Å²) < 4.78 is 11.2. The van der Waals surface area contributed by atoms with E-state index in [2.05, 4.69) is 21.3 Å². The molecule has 1 unspecified atom stereocenters. The van der Waals surface area contributed by atoms with Crippen LogP contribution < -0.4 is 30.7 Å². The summed E-state index contributed by atoms with van der Waals surface area (Å²) >= 11 is 0. The molecular weight excluding hydrogens is 500 g/mol. The predicted molar refractivity (Wildman–Crippen MR) is 147 cm³/mol. The van der Waals surface area contributed by atoms with E-state index < -0.39 is 17.9 Å². The van der Waals surface area contributed by atoms with E-state index in [0.717, 1.165) is 77.5 Å². The van der Waals surface area contributed by atoms with E-state index in [1.807, 2.05) is 0 Å². The van der Waals surface area contributed by atoms with Gasteiger partial charge in [-0.15, -0.1) is 0 Å². The maximum absolute atomic E-state index is 13.2. The largest absolute Gasteiger partial charge is 0.486 e. The lowest BCUT2D eigenvalue weighted by Crippen LogP contribution is -2.41. The van der Waals surface area contributed by atoms with Crippen molar-refractivity contribution in [1.82, 2.24) is 21.3 Å². The minimum atomic E-state index is -1.03. The van der Waals surface area contributed by atoms with Gasteiger partial charge in [-0.1, -0.05) is 6.07 Å². The molecule has 3 aliphatic rings. The number of carboxylic acid groups (broad SMARTS) is 1. The van der Waals surface area contributed by atoms with Crippen molar-refractivity contribution in [2.75, 3.05) is 45.9 Å². The van der Waals surface area contributed by atoms with Crippen molar-refractivity contribution in [3.8, 4) is 11.5 Å². The third kappa shape index (κ3) is 9.39. The van der Waals surface area contributed by atoms with Gasteiger partial charge in [-0.2, -0.15) is 0 Å². The van der Waals surface area contributed by atoms with E-state index in [1.54, 1.807) is 18.2 Å². The number of aliphatic carboxylic acids is 1. The van der Waals surface area contributed by atoms with Crippen LogP contribution in [-0.2, 0) is 14.4 Å². The number of piperidine rings is 2. The quantitative estimate of drug-likeness (QED) is 0.255. The molecule has 1 aromatic rings. The van der Waals surface area contributed by atoms with Crippen LogP contribution in [0.2, 0.25) is 0 Å². The van der Waals surface area contributed by atoms with Gasteiger partial charge in [0.05, 0.1) is 19.0 Å². The van der Waals surface area contributed by atoms with Crippen LogP contribution in [0, 0.1) is 17.8 Å². The summed E-state index contributed by atoms with van der Waals surface area (Å²) in [7, 11) is 0. The minimum absolute atomic E-state index is 0.0814. The molecule has 10 nitrogen and oxygen atoms in total. The summed E-state index contributed by atoms with van der Waals surface area (Å²) in [6.45, 7) is 4.84. The second-order valence-electron chi connectivity index (χ2n) is 11.1. The molecule has 2 saturated heterocycles. The number of fused-ring (bicyclic) bond motifs is 1. The lowest BCUT2D eigenvalue weighted by molar-refractivity contribution is -0.138. The normalized spacial score (nSPS) is 18.9. The van der Waals surface area contributed by atoms with Gasteiger partial charge in [0.15, 0.2) is 11.5 Å². The molecule has 3 heterocycles. The standard InChI is InChI=1S/C29H44N4O6/c34-27(33-24(18-28(35)36)23-5-6-25-26(17-23)39-16-15-38-25)19-32-29(37)22(3-1-20-7-11-30-12-8-20)4-2-21-9-13-31-14-10-21/h5-6,17,20-22,24,30-31H,1-4,7-16,18-19H2,(H,32,37)(H,33,34)(H,35,36). The van der Waals surface area contributed by atoms with Crippen molar-refractivity contribution in [1.29, 1.82) is 0 Å². The predicted octanol–water partition coefficient (Wildman–Crippen LogP) is 2.38. The van der Waals surface area contributed by atoms with Gasteiger partial charge in [-0.3, -0.25) is 14.4 Å². The molecule has 216 valence electrons. The fourth-order valence-corrected chi connectivity index (χ4v) is 5.88. The topological polar surface area (TPSA) is 138 Å². The van der Waals surface area contributed by atoms with Gasteiger partial charge in [0.2, 0.25) is 11.8 Å². The average Bonchev–Trinajstić information content (AvgIpc) is 2.96. The lowest BCUT2D eigenvalue weighted by Gasteiger charge is -2.27. The smallest absolute Gasteiger partial charge is 0.305 e. The van der Waals surface area contributed by atoms with Gasteiger partial charge in [0, 0.05) is 5.92 Å². The summed E-state index contributed by atoms with van der Waals surface area (Å²) in [5.74, 6) is 0.769. The van der Waals surface area contributed by atoms with Gasteiger partial charge in [0.1, 0.15) is 13.2 Å². The molecule has 39 heavy (non-hydrogen) atoms. The molecule has 2 amide bonds. The van der Waals surface area contributed by atoms with Crippen LogP contribution >= 0.6 is 0 Å². The first-order chi connectivity index (χ1) is 19.0. The zero-order valence-corrected chi connectivity index (χ0v) is 22.8. The van der Waals surface area contributed by atoms with E-state index in [9.17, 15) is 19.5 Å². The minimum Gasteiger partial charge on any atom is -0.486 e. The number of carbonyl (C=O) groups is 3. The number of nitrogens with one attached hydrogen (secondary N) is 4. The number of benzene rings is 1. The van der Waals surface area contributed by atoms with Gasteiger partial charge in [-0.05, 0) is 107 Å². The summed E-state index contributed by atoms with van der Waals surface area (Å²) in [4.78, 5) is 37.6. The molecule has 0 radical (unpaired) electrons. The highest BCUT2D eigenvalue weighted by atomic mass is 16.6. The summed E-state index contributed by atoms with van der Waals surface area (Å²) in [6, 6.07) is 4.41. The molecular formula is C29H44N4O6. The Balaban J connectivity index is 1.31. The zero-order chi connectivity index (χ0) is 27.5. The van der Waals surface area contributed by atoms with Crippen molar-refractivity contribution < 1.29 is 29.0 Å². The highest BCUT2D eigenvalue weighted by Gasteiger charge is 2.25. The molecule has 10 heteroatoms. The number of carbonyl (C=O) groups excluding carboxylic acids is 2. The third-order valence-electron chi connectivity index (χ3n) is 8.24. The first-order valence-corrected chi connectivity index (χ1v) is 14.6. The number of ether oxygens (including phenoxy) is 2. The Morgan fingerprint density at radius 2 is 1.49 bits per heavy atom. The van der Waals surface area contributed by atoms with Crippen LogP contribution in [0.5, 0.6) is 11.5 Å². The molecule has 0 bridgehead atoms. The van der Waals surface area contributed by atoms with Crippen molar-refractivity contribution >= 4 is 17.8 Å². The Kier molecular flexibility index (Phi) is 11.3. The van der Waals surface area contributed by atoms with Gasteiger partial charge in [-0.25, -0.2) is 0 Å². The van der Waals surface area contributed by atoms with Gasteiger partial charge in [0.25, 0.3) is 0 Å². The number of hydrogen-bond acceptors (Lipinski definition) is 7. The fraction of sp³-hybridized carbons (Fsp3) is 0.690. The SMILES string of the molecule is O=C(O)CC(NC(=O)CNC(=O)C(CCC1CCNCC1)CCC1CCNCC1)c1ccc2c(c1)OCCO2. The maximum atomic E-state index is 13.2. The van der Waals surface area contributed by atoms with E-state index in [0.29, 0.717) is 42.1 Å². The Hall–Kier alpha value is -2.85. The molecule has 0 saturated carbocycles. The van der Waals surface area contributed by atoms with E-state index in [-0.39, 0.29) is 24.8 Å². The van der Waals surface area contributed by atoms with E-state index in [1.165, 1.54) is 0 Å². The molecule has 0 aliphatic carbocycles. The second kappa shape index (κ2) is 15.1. The summed E-state index contributed by atoms with van der Waals surface area (Å²) in [6.07, 6.45) is 8.04. The van der Waals surface area contributed by atoms with Crippen molar-refractivity contribution in [3.63, 3.8) is 0 Å². The molecule has 0 spiro atoms. The Labute approximate surface area is 231 Å². The number of carboxylic acids is 1.